The van der Waals surface area contributed by atoms with Crippen LogP contribution in [0.1, 0.15) is 24.3 Å². The molecule has 1 saturated heterocycles. The first-order chi connectivity index (χ1) is 7.83. The quantitative estimate of drug-likeness (QED) is 0.903. The summed E-state index contributed by atoms with van der Waals surface area (Å²) in [6, 6.07) is 6.14. The van der Waals surface area contributed by atoms with Gasteiger partial charge in [-0.2, -0.15) is 0 Å². The van der Waals surface area contributed by atoms with Crippen LogP contribution >= 0.6 is 12.4 Å². The van der Waals surface area contributed by atoms with Crippen molar-refractivity contribution in [2.24, 2.45) is 0 Å². The summed E-state index contributed by atoms with van der Waals surface area (Å²) in [6.07, 6.45) is 2.48. The average molecular weight is 258 g/mol. The molecule has 1 aliphatic heterocycles. The first-order valence-electron chi connectivity index (χ1n) is 5.77. The minimum Gasteiger partial charge on any atom is -0.497 e. The first-order valence-corrected chi connectivity index (χ1v) is 5.77. The molecule has 3 nitrogen and oxygen atoms in total. The SMILES string of the molecule is COc1cc(OC)cc(C2CCCNC2)c1.Cl. The standard InChI is InChI=1S/C13H19NO2.ClH/c1-15-12-6-11(7-13(8-12)16-2)10-4-3-5-14-9-10;/h6-8,10,14H,3-5,9H2,1-2H3;1H. The minimum absolute atomic E-state index is 0. The summed E-state index contributed by atoms with van der Waals surface area (Å²) in [6.45, 7) is 2.19. The van der Waals surface area contributed by atoms with Crippen molar-refractivity contribution < 1.29 is 9.47 Å². The first kappa shape index (κ1) is 14.1. The van der Waals surface area contributed by atoms with Gasteiger partial charge in [-0.25, -0.2) is 0 Å². The van der Waals surface area contributed by atoms with E-state index in [2.05, 4.69) is 17.4 Å². The molecule has 17 heavy (non-hydrogen) atoms. The van der Waals surface area contributed by atoms with Crippen molar-refractivity contribution in [2.75, 3.05) is 27.3 Å². The van der Waals surface area contributed by atoms with Crippen LogP contribution in [0, 0.1) is 0 Å². The van der Waals surface area contributed by atoms with E-state index in [1.165, 1.54) is 18.4 Å². The fourth-order valence-corrected chi connectivity index (χ4v) is 2.20. The molecule has 1 aromatic carbocycles. The lowest BCUT2D eigenvalue weighted by molar-refractivity contribution is 0.390. The van der Waals surface area contributed by atoms with E-state index in [-0.39, 0.29) is 12.4 Å². The maximum atomic E-state index is 5.29. The minimum atomic E-state index is 0. The third-order valence-electron chi connectivity index (χ3n) is 3.14. The van der Waals surface area contributed by atoms with Gasteiger partial charge >= 0.3 is 0 Å². The number of halogens is 1. The van der Waals surface area contributed by atoms with Crippen LogP contribution in [0.2, 0.25) is 0 Å². The van der Waals surface area contributed by atoms with Crippen LogP contribution in [0.4, 0.5) is 0 Å². The third-order valence-corrected chi connectivity index (χ3v) is 3.14. The fourth-order valence-electron chi connectivity index (χ4n) is 2.20. The van der Waals surface area contributed by atoms with E-state index < -0.39 is 0 Å². The van der Waals surface area contributed by atoms with Crippen LogP contribution in [0.15, 0.2) is 18.2 Å². The van der Waals surface area contributed by atoms with Gasteiger partial charge in [0, 0.05) is 12.6 Å². The Morgan fingerprint density at radius 1 is 1.12 bits per heavy atom. The highest BCUT2D eigenvalue weighted by Crippen LogP contribution is 2.30. The molecule has 1 aromatic rings. The highest BCUT2D eigenvalue weighted by Gasteiger charge is 2.16. The molecule has 1 atom stereocenters. The summed E-state index contributed by atoms with van der Waals surface area (Å²) >= 11 is 0. The van der Waals surface area contributed by atoms with E-state index in [0.29, 0.717) is 5.92 Å². The predicted octanol–water partition coefficient (Wildman–Crippen LogP) is 2.59. The van der Waals surface area contributed by atoms with Gasteiger partial charge in [-0.05, 0) is 43.0 Å². The maximum Gasteiger partial charge on any atom is 0.122 e. The number of ether oxygens (including phenoxy) is 2. The number of methoxy groups -OCH3 is 2. The average Bonchev–Trinajstić information content (AvgIpc) is 2.39. The molecule has 0 aromatic heterocycles. The number of nitrogens with one attached hydrogen (secondary N) is 1. The Bertz CT molecular complexity index is 329. The number of hydrogen-bond acceptors (Lipinski definition) is 3. The second-order valence-corrected chi connectivity index (χ2v) is 4.19. The van der Waals surface area contributed by atoms with Gasteiger partial charge in [0.1, 0.15) is 11.5 Å². The van der Waals surface area contributed by atoms with Crippen molar-refractivity contribution in [1.82, 2.24) is 5.32 Å². The number of rotatable bonds is 3. The molecule has 0 saturated carbocycles. The van der Waals surface area contributed by atoms with Crippen LogP contribution in [-0.4, -0.2) is 27.3 Å². The van der Waals surface area contributed by atoms with E-state index in [1.807, 2.05) is 6.07 Å². The number of piperidine rings is 1. The van der Waals surface area contributed by atoms with Gasteiger partial charge < -0.3 is 14.8 Å². The van der Waals surface area contributed by atoms with Crippen molar-refractivity contribution in [3.63, 3.8) is 0 Å². The molecule has 0 spiro atoms. The molecular formula is C13H20ClNO2. The Morgan fingerprint density at radius 3 is 2.24 bits per heavy atom. The van der Waals surface area contributed by atoms with E-state index >= 15 is 0 Å². The van der Waals surface area contributed by atoms with Crippen LogP contribution < -0.4 is 14.8 Å². The molecule has 0 radical (unpaired) electrons. The zero-order chi connectivity index (χ0) is 11.4. The van der Waals surface area contributed by atoms with Crippen LogP contribution in [0.3, 0.4) is 0 Å². The zero-order valence-corrected chi connectivity index (χ0v) is 11.2. The number of benzene rings is 1. The second kappa shape index (κ2) is 6.72. The lowest BCUT2D eigenvalue weighted by Gasteiger charge is -2.23. The fraction of sp³-hybridized carbons (Fsp3) is 0.538. The highest BCUT2D eigenvalue weighted by atomic mass is 35.5. The van der Waals surface area contributed by atoms with Crippen molar-refractivity contribution in [2.45, 2.75) is 18.8 Å². The Hall–Kier alpha value is -0.930. The Morgan fingerprint density at radius 2 is 1.76 bits per heavy atom. The largest absolute Gasteiger partial charge is 0.497 e. The maximum absolute atomic E-state index is 5.29. The Kier molecular flexibility index (Phi) is 5.59. The molecule has 96 valence electrons. The molecule has 0 amide bonds. The summed E-state index contributed by atoms with van der Waals surface area (Å²) in [5.74, 6) is 2.33. The second-order valence-electron chi connectivity index (χ2n) is 4.19. The van der Waals surface area contributed by atoms with Gasteiger partial charge in [0.15, 0.2) is 0 Å². The van der Waals surface area contributed by atoms with Gasteiger partial charge in [0.2, 0.25) is 0 Å². The van der Waals surface area contributed by atoms with Crippen molar-refractivity contribution in [1.29, 1.82) is 0 Å². The molecule has 1 fully saturated rings. The summed E-state index contributed by atoms with van der Waals surface area (Å²) in [7, 11) is 3.38. The monoisotopic (exact) mass is 257 g/mol. The Balaban J connectivity index is 0.00000144. The summed E-state index contributed by atoms with van der Waals surface area (Å²) < 4.78 is 10.6. The van der Waals surface area contributed by atoms with E-state index in [9.17, 15) is 0 Å². The lowest BCUT2D eigenvalue weighted by Crippen LogP contribution is -2.28. The van der Waals surface area contributed by atoms with E-state index in [4.69, 9.17) is 9.47 Å². The van der Waals surface area contributed by atoms with E-state index in [0.717, 1.165) is 24.6 Å². The van der Waals surface area contributed by atoms with E-state index in [1.54, 1.807) is 14.2 Å². The molecule has 4 heteroatoms. The number of hydrogen-bond donors (Lipinski definition) is 1. The normalized spacial score (nSPS) is 19.3. The van der Waals surface area contributed by atoms with Gasteiger partial charge in [-0.1, -0.05) is 0 Å². The topological polar surface area (TPSA) is 30.5 Å². The van der Waals surface area contributed by atoms with Crippen LogP contribution in [0.25, 0.3) is 0 Å². The molecule has 1 N–H and O–H groups in total. The van der Waals surface area contributed by atoms with Gasteiger partial charge in [0.25, 0.3) is 0 Å². The summed E-state index contributed by atoms with van der Waals surface area (Å²) in [5, 5.41) is 3.43. The van der Waals surface area contributed by atoms with Crippen molar-refractivity contribution in [3.8, 4) is 11.5 Å². The molecule has 1 unspecified atom stereocenters. The summed E-state index contributed by atoms with van der Waals surface area (Å²) in [4.78, 5) is 0. The van der Waals surface area contributed by atoms with Crippen molar-refractivity contribution in [3.05, 3.63) is 23.8 Å². The van der Waals surface area contributed by atoms with Crippen LogP contribution in [0.5, 0.6) is 11.5 Å². The molecule has 0 aliphatic carbocycles. The zero-order valence-electron chi connectivity index (χ0n) is 10.4. The van der Waals surface area contributed by atoms with Gasteiger partial charge in [0.05, 0.1) is 14.2 Å². The Labute approximate surface area is 109 Å². The summed E-state index contributed by atoms with van der Waals surface area (Å²) in [5.41, 5.74) is 1.31. The molecule has 1 heterocycles. The molecular weight excluding hydrogens is 238 g/mol. The smallest absolute Gasteiger partial charge is 0.122 e. The van der Waals surface area contributed by atoms with Gasteiger partial charge in [-0.3, -0.25) is 0 Å². The van der Waals surface area contributed by atoms with Crippen LogP contribution in [-0.2, 0) is 0 Å². The molecule has 2 rings (SSSR count). The van der Waals surface area contributed by atoms with Gasteiger partial charge in [-0.15, -0.1) is 12.4 Å². The predicted molar refractivity (Wildman–Crippen MR) is 71.6 cm³/mol. The molecule has 1 aliphatic rings. The third kappa shape index (κ3) is 3.51. The molecule has 0 bridgehead atoms. The highest BCUT2D eigenvalue weighted by molar-refractivity contribution is 5.85. The lowest BCUT2D eigenvalue weighted by atomic mass is 9.91. The van der Waals surface area contributed by atoms with Crippen molar-refractivity contribution >= 4 is 12.4 Å².